The molecule has 3 aromatic heterocycles. The summed E-state index contributed by atoms with van der Waals surface area (Å²) in [5, 5.41) is 15.9. The van der Waals surface area contributed by atoms with Gasteiger partial charge in [0.25, 0.3) is 5.91 Å². The van der Waals surface area contributed by atoms with Crippen LogP contribution in [0.4, 0.5) is 11.4 Å². The molecule has 5 rings (SSSR count). The number of rotatable bonds is 3. The Morgan fingerprint density at radius 1 is 1.09 bits per heavy atom. The fourth-order valence-corrected chi connectivity index (χ4v) is 4.73. The van der Waals surface area contributed by atoms with Gasteiger partial charge in [-0.15, -0.1) is 0 Å². The molecule has 1 aromatic carbocycles. The van der Waals surface area contributed by atoms with Crippen molar-refractivity contribution in [2.24, 2.45) is 0 Å². The number of hydrogen-bond donors (Lipinski definition) is 2. The summed E-state index contributed by atoms with van der Waals surface area (Å²) in [7, 11) is 0. The number of nitrogens with zero attached hydrogens (tertiary/aromatic N) is 5. The van der Waals surface area contributed by atoms with Crippen LogP contribution in [0.15, 0.2) is 49.1 Å². The third-order valence-electron chi connectivity index (χ3n) is 6.08. The lowest BCUT2D eigenvalue weighted by Gasteiger charge is -2.38. The van der Waals surface area contributed by atoms with Crippen LogP contribution in [0.5, 0.6) is 0 Å². The largest absolute Gasteiger partial charge is 0.367 e. The quantitative estimate of drug-likeness (QED) is 0.507. The molecule has 1 aliphatic rings. The van der Waals surface area contributed by atoms with Crippen LogP contribution < -0.4 is 15.5 Å². The minimum atomic E-state index is -0.252. The molecule has 4 heterocycles. The van der Waals surface area contributed by atoms with E-state index in [9.17, 15) is 10.1 Å². The minimum Gasteiger partial charge on any atom is -0.367 e. The second-order valence-corrected chi connectivity index (χ2v) is 8.72. The van der Waals surface area contributed by atoms with Gasteiger partial charge in [-0.25, -0.2) is 0 Å². The van der Waals surface area contributed by atoms with Crippen LogP contribution in [-0.2, 0) is 0 Å². The van der Waals surface area contributed by atoms with Crippen LogP contribution >= 0.6 is 0 Å². The molecule has 2 atom stereocenters. The molecule has 2 N–H and O–H groups in total. The first-order valence-corrected chi connectivity index (χ1v) is 11.0. The van der Waals surface area contributed by atoms with Gasteiger partial charge in [0.2, 0.25) is 0 Å². The highest BCUT2D eigenvalue weighted by atomic mass is 16.1. The monoisotopic (exact) mass is 439 g/mol. The summed E-state index contributed by atoms with van der Waals surface area (Å²) in [5.74, 6) is -0.252. The molecular formula is C25H25N7O. The number of nitrogens with one attached hydrogen (secondary N) is 2. The molecular weight excluding hydrogens is 414 g/mol. The Hall–Kier alpha value is -3.96. The van der Waals surface area contributed by atoms with Crippen molar-refractivity contribution in [2.75, 3.05) is 23.3 Å². The second kappa shape index (κ2) is 8.19. The maximum atomic E-state index is 13.2. The lowest BCUT2D eigenvalue weighted by atomic mass is 10.1. The molecule has 4 aromatic rings. The summed E-state index contributed by atoms with van der Waals surface area (Å²) in [6.07, 6.45) is 6.98. The number of pyridine rings is 1. The standard InChI is InChI=1S/C25H25N7O/c1-15-11-31-14-18(4-6-21(31)20(15)10-26)30-25(33)19-5-7-22(24-23(19)27-8-9-28-24)32-12-16(2)29-17(3)13-32/h4-9,11,14,16-17,29H,12-13H2,1-3H3,(H,30,33)/t16-,17-/m1/s1. The molecule has 0 saturated carbocycles. The Balaban J connectivity index is 1.48. The number of aromatic nitrogens is 3. The van der Waals surface area contributed by atoms with E-state index in [0.717, 1.165) is 35.4 Å². The maximum absolute atomic E-state index is 13.2. The molecule has 0 aliphatic carbocycles. The average molecular weight is 440 g/mol. The Morgan fingerprint density at radius 3 is 2.55 bits per heavy atom. The number of hydrogen-bond acceptors (Lipinski definition) is 6. The second-order valence-electron chi connectivity index (χ2n) is 8.72. The van der Waals surface area contributed by atoms with E-state index in [1.54, 1.807) is 18.5 Å². The molecule has 33 heavy (non-hydrogen) atoms. The smallest absolute Gasteiger partial charge is 0.257 e. The SMILES string of the molecule is Cc1cn2cc(NC(=O)c3ccc(N4C[C@@H](C)N[C@H](C)C4)c4nccnc34)ccc2c1C#N. The van der Waals surface area contributed by atoms with Crippen molar-refractivity contribution >= 4 is 33.8 Å². The van der Waals surface area contributed by atoms with Gasteiger partial charge in [-0.2, -0.15) is 5.26 Å². The predicted molar refractivity (Wildman–Crippen MR) is 129 cm³/mol. The number of amides is 1. The van der Waals surface area contributed by atoms with E-state index in [4.69, 9.17) is 0 Å². The Labute approximate surface area is 191 Å². The third kappa shape index (κ3) is 3.77. The van der Waals surface area contributed by atoms with Crippen molar-refractivity contribution < 1.29 is 4.79 Å². The molecule has 0 bridgehead atoms. The van der Waals surface area contributed by atoms with E-state index in [1.165, 1.54) is 0 Å². The molecule has 8 nitrogen and oxygen atoms in total. The zero-order valence-electron chi connectivity index (χ0n) is 18.8. The van der Waals surface area contributed by atoms with Gasteiger partial charge >= 0.3 is 0 Å². The lowest BCUT2D eigenvalue weighted by molar-refractivity contribution is 0.102. The summed E-state index contributed by atoms with van der Waals surface area (Å²) in [6.45, 7) is 7.96. The average Bonchev–Trinajstić information content (AvgIpc) is 3.11. The summed E-state index contributed by atoms with van der Waals surface area (Å²) in [4.78, 5) is 24.6. The number of fused-ring (bicyclic) bond motifs is 2. The van der Waals surface area contributed by atoms with Gasteiger partial charge in [0.05, 0.1) is 28.0 Å². The van der Waals surface area contributed by atoms with E-state index >= 15 is 0 Å². The van der Waals surface area contributed by atoms with Crippen LogP contribution in [0.1, 0.15) is 35.3 Å². The summed E-state index contributed by atoms with van der Waals surface area (Å²) >= 11 is 0. The Bertz CT molecular complexity index is 1410. The van der Waals surface area contributed by atoms with Crippen molar-refractivity contribution in [1.29, 1.82) is 5.26 Å². The Kier molecular flexibility index (Phi) is 5.19. The highest BCUT2D eigenvalue weighted by molar-refractivity contribution is 6.13. The van der Waals surface area contributed by atoms with Crippen LogP contribution in [0, 0.1) is 18.3 Å². The normalized spacial score (nSPS) is 18.4. The fraction of sp³-hybridized carbons (Fsp3) is 0.280. The van der Waals surface area contributed by atoms with E-state index in [2.05, 4.69) is 45.4 Å². The van der Waals surface area contributed by atoms with E-state index < -0.39 is 0 Å². The zero-order valence-corrected chi connectivity index (χ0v) is 18.8. The number of carbonyl (C=O) groups is 1. The first kappa shape index (κ1) is 20.9. The number of anilines is 2. The van der Waals surface area contributed by atoms with Gasteiger partial charge in [0.1, 0.15) is 17.1 Å². The predicted octanol–water partition coefficient (Wildman–Crippen LogP) is 3.50. The van der Waals surface area contributed by atoms with Gasteiger partial charge in [0, 0.05) is 50.0 Å². The van der Waals surface area contributed by atoms with Crippen molar-refractivity contribution in [2.45, 2.75) is 32.9 Å². The number of aryl methyl sites for hydroxylation is 1. The summed E-state index contributed by atoms with van der Waals surface area (Å²) in [5.41, 5.74) is 5.75. The Morgan fingerprint density at radius 2 is 1.82 bits per heavy atom. The first-order chi connectivity index (χ1) is 15.9. The van der Waals surface area contributed by atoms with Crippen molar-refractivity contribution in [1.82, 2.24) is 19.7 Å². The highest BCUT2D eigenvalue weighted by Gasteiger charge is 2.24. The molecule has 0 spiro atoms. The highest BCUT2D eigenvalue weighted by Crippen LogP contribution is 2.29. The third-order valence-corrected chi connectivity index (χ3v) is 6.08. The molecule has 1 fully saturated rings. The molecule has 1 aliphatic heterocycles. The molecule has 8 heteroatoms. The molecule has 166 valence electrons. The van der Waals surface area contributed by atoms with E-state index in [1.807, 2.05) is 41.9 Å². The van der Waals surface area contributed by atoms with Crippen LogP contribution in [0.25, 0.3) is 16.6 Å². The lowest BCUT2D eigenvalue weighted by Crippen LogP contribution is -2.54. The minimum absolute atomic E-state index is 0.252. The molecule has 0 unspecified atom stereocenters. The summed E-state index contributed by atoms with van der Waals surface area (Å²) < 4.78 is 1.86. The first-order valence-electron chi connectivity index (χ1n) is 11.0. The van der Waals surface area contributed by atoms with Crippen LogP contribution in [-0.4, -0.2) is 45.4 Å². The van der Waals surface area contributed by atoms with Gasteiger partial charge in [-0.05, 0) is 50.6 Å². The van der Waals surface area contributed by atoms with Gasteiger partial charge < -0.3 is 19.9 Å². The van der Waals surface area contributed by atoms with E-state index in [0.29, 0.717) is 34.4 Å². The van der Waals surface area contributed by atoms with Gasteiger partial charge in [-0.1, -0.05) is 0 Å². The maximum Gasteiger partial charge on any atom is 0.257 e. The van der Waals surface area contributed by atoms with Crippen LogP contribution in [0.3, 0.4) is 0 Å². The number of nitriles is 1. The number of piperazine rings is 1. The van der Waals surface area contributed by atoms with Crippen LogP contribution in [0.2, 0.25) is 0 Å². The van der Waals surface area contributed by atoms with Gasteiger partial charge in [-0.3, -0.25) is 14.8 Å². The molecule has 1 saturated heterocycles. The summed E-state index contributed by atoms with van der Waals surface area (Å²) in [6, 6.07) is 10.4. The topological polar surface area (TPSA) is 98.3 Å². The molecule has 0 radical (unpaired) electrons. The van der Waals surface area contributed by atoms with Crippen molar-refractivity contribution in [3.8, 4) is 6.07 Å². The van der Waals surface area contributed by atoms with Crippen molar-refractivity contribution in [3.63, 3.8) is 0 Å². The van der Waals surface area contributed by atoms with Crippen molar-refractivity contribution in [3.05, 3.63) is 65.7 Å². The molecule has 1 amide bonds. The van der Waals surface area contributed by atoms with E-state index in [-0.39, 0.29) is 5.91 Å². The fourth-order valence-electron chi connectivity index (χ4n) is 4.73. The zero-order chi connectivity index (χ0) is 23.1. The number of benzene rings is 1. The van der Waals surface area contributed by atoms with Gasteiger partial charge in [0.15, 0.2) is 0 Å². The number of carbonyl (C=O) groups excluding carboxylic acids is 1.